The molecule has 35 heavy (non-hydrogen) atoms. The summed E-state index contributed by atoms with van der Waals surface area (Å²) in [5, 5.41) is 0. The van der Waals surface area contributed by atoms with Crippen LogP contribution in [0.4, 0.5) is 0 Å². The Balaban J connectivity index is 2.25. The van der Waals surface area contributed by atoms with Crippen LogP contribution in [0.5, 0.6) is 11.5 Å². The largest absolute Gasteiger partial charge is 0.462 e. The molecule has 0 aliphatic heterocycles. The van der Waals surface area contributed by atoms with Gasteiger partial charge in [-0.1, -0.05) is 50.5 Å². The predicted molar refractivity (Wildman–Crippen MR) is 138 cm³/mol. The molecule has 6 heteroatoms. The molecular formula is C29H42O6. The zero-order valence-corrected chi connectivity index (χ0v) is 21.8. The number of carbonyl (C=O) groups is 3. The lowest BCUT2D eigenvalue weighted by atomic mass is 10.0. The summed E-state index contributed by atoms with van der Waals surface area (Å²) in [6.07, 6.45) is 19.6. The Morgan fingerprint density at radius 3 is 1.94 bits per heavy atom. The number of esters is 3. The summed E-state index contributed by atoms with van der Waals surface area (Å²) in [5.41, 5.74) is 0.986. The first-order valence-corrected chi connectivity index (χ1v) is 12.8. The van der Waals surface area contributed by atoms with E-state index >= 15 is 0 Å². The van der Waals surface area contributed by atoms with Gasteiger partial charge in [-0.15, -0.1) is 0 Å². The first-order chi connectivity index (χ1) is 16.8. The molecular weight excluding hydrogens is 444 g/mol. The fourth-order valence-corrected chi connectivity index (χ4v) is 3.74. The van der Waals surface area contributed by atoms with Gasteiger partial charge in [-0.25, -0.2) is 0 Å². The van der Waals surface area contributed by atoms with Crippen LogP contribution in [0.15, 0.2) is 42.5 Å². The average Bonchev–Trinajstić information content (AvgIpc) is 2.76. The maximum atomic E-state index is 11.3. The summed E-state index contributed by atoms with van der Waals surface area (Å²) in [5.74, 6) is -0.230. The van der Waals surface area contributed by atoms with Gasteiger partial charge in [0, 0.05) is 33.3 Å². The summed E-state index contributed by atoms with van der Waals surface area (Å²) in [6, 6.07) is 5.20. The van der Waals surface area contributed by atoms with Crippen molar-refractivity contribution in [2.45, 2.75) is 104 Å². The van der Waals surface area contributed by atoms with E-state index in [1.165, 1.54) is 27.2 Å². The van der Waals surface area contributed by atoms with Gasteiger partial charge < -0.3 is 14.2 Å². The molecule has 0 fully saturated rings. The third-order valence-corrected chi connectivity index (χ3v) is 5.26. The average molecular weight is 487 g/mol. The van der Waals surface area contributed by atoms with Crippen molar-refractivity contribution in [3.63, 3.8) is 0 Å². The highest BCUT2D eigenvalue weighted by atomic mass is 16.5. The number of allylic oxidation sites excluding steroid dienone is 3. The second kappa shape index (κ2) is 18.4. The first kappa shape index (κ1) is 30.1. The molecule has 0 amide bonds. The number of aryl methyl sites for hydroxylation is 1. The fraction of sp³-hybridized carbons (Fsp3) is 0.552. The van der Waals surface area contributed by atoms with Crippen molar-refractivity contribution in [1.82, 2.24) is 0 Å². The first-order valence-electron chi connectivity index (χ1n) is 12.8. The van der Waals surface area contributed by atoms with Crippen LogP contribution in [-0.2, 0) is 25.5 Å². The quantitative estimate of drug-likeness (QED) is 0.102. The van der Waals surface area contributed by atoms with Crippen molar-refractivity contribution >= 4 is 17.9 Å². The van der Waals surface area contributed by atoms with E-state index in [2.05, 4.69) is 31.2 Å². The number of carbonyl (C=O) groups excluding carboxylic acids is 3. The third-order valence-electron chi connectivity index (χ3n) is 5.26. The summed E-state index contributed by atoms with van der Waals surface area (Å²) in [4.78, 5) is 33.8. The van der Waals surface area contributed by atoms with E-state index in [9.17, 15) is 14.4 Å². The highest BCUT2D eigenvalue weighted by Gasteiger charge is 2.09. The van der Waals surface area contributed by atoms with Gasteiger partial charge in [-0.05, 0) is 62.6 Å². The maximum absolute atomic E-state index is 11.3. The Kier molecular flexibility index (Phi) is 15.9. The van der Waals surface area contributed by atoms with Gasteiger partial charge in [-0.3, -0.25) is 14.4 Å². The lowest BCUT2D eigenvalue weighted by molar-refractivity contribution is -0.146. The molecule has 0 bridgehead atoms. The Bertz CT molecular complexity index is 805. The van der Waals surface area contributed by atoms with Crippen molar-refractivity contribution in [2.75, 3.05) is 0 Å². The minimum absolute atomic E-state index is 0.0419. The molecule has 0 saturated heterocycles. The molecule has 1 aromatic carbocycles. The van der Waals surface area contributed by atoms with Gasteiger partial charge >= 0.3 is 17.9 Å². The van der Waals surface area contributed by atoms with Gasteiger partial charge in [0.05, 0.1) is 0 Å². The SMILES string of the molecule is CCC=CC[C@H](CCC=CCCCCCCCc1cc(OC(C)=O)cc(OC(C)=O)c1)OC(C)=O. The van der Waals surface area contributed by atoms with E-state index in [4.69, 9.17) is 14.2 Å². The van der Waals surface area contributed by atoms with Crippen molar-refractivity contribution in [3.05, 3.63) is 48.1 Å². The Morgan fingerprint density at radius 1 is 0.743 bits per heavy atom. The standard InChI is InChI=1S/C29H42O6/c1-5-6-14-18-27(33-23(2)30)19-16-13-11-9-7-8-10-12-15-17-26-20-28(34-24(3)31)22-29(21-26)35-25(4)32/h6,11,13-14,20-22,27H,5,7-10,12,15-19H2,1-4H3/t27-/m1/s1. The molecule has 0 spiro atoms. The van der Waals surface area contributed by atoms with Gasteiger partial charge in [0.1, 0.15) is 17.6 Å². The van der Waals surface area contributed by atoms with Crippen LogP contribution in [0.25, 0.3) is 0 Å². The van der Waals surface area contributed by atoms with Gasteiger partial charge in [0.2, 0.25) is 0 Å². The third kappa shape index (κ3) is 16.4. The van der Waals surface area contributed by atoms with Crippen LogP contribution in [0.1, 0.15) is 97.5 Å². The van der Waals surface area contributed by atoms with E-state index < -0.39 is 11.9 Å². The highest BCUT2D eigenvalue weighted by molar-refractivity contribution is 5.71. The zero-order valence-electron chi connectivity index (χ0n) is 21.8. The molecule has 1 atom stereocenters. The molecule has 0 unspecified atom stereocenters. The van der Waals surface area contributed by atoms with Crippen LogP contribution < -0.4 is 9.47 Å². The number of hydrogen-bond donors (Lipinski definition) is 0. The summed E-state index contributed by atoms with van der Waals surface area (Å²) < 4.78 is 15.7. The molecule has 0 aromatic heterocycles. The van der Waals surface area contributed by atoms with Crippen molar-refractivity contribution < 1.29 is 28.6 Å². The summed E-state index contributed by atoms with van der Waals surface area (Å²) in [6.45, 7) is 6.25. The highest BCUT2D eigenvalue weighted by Crippen LogP contribution is 2.25. The van der Waals surface area contributed by atoms with Crippen LogP contribution in [-0.4, -0.2) is 24.0 Å². The monoisotopic (exact) mass is 486 g/mol. The molecule has 0 aliphatic rings. The summed E-state index contributed by atoms with van der Waals surface area (Å²) >= 11 is 0. The van der Waals surface area contributed by atoms with Crippen molar-refractivity contribution in [3.8, 4) is 11.5 Å². The molecule has 1 aromatic rings. The molecule has 6 nitrogen and oxygen atoms in total. The number of hydrogen-bond acceptors (Lipinski definition) is 6. The number of unbranched alkanes of at least 4 members (excludes halogenated alkanes) is 5. The Hall–Kier alpha value is -2.89. The fourth-order valence-electron chi connectivity index (χ4n) is 3.74. The molecule has 0 radical (unpaired) electrons. The van der Waals surface area contributed by atoms with Crippen LogP contribution in [0.3, 0.4) is 0 Å². The van der Waals surface area contributed by atoms with E-state index in [-0.39, 0.29) is 12.1 Å². The van der Waals surface area contributed by atoms with E-state index in [1.807, 2.05) is 12.1 Å². The number of rotatable bonds is 17. The molecule has 0 saturated carbocycles. The van der Waals surface area contributed by atoms with E-state index in [0.717, 1.165) is 69.8 Å². The lowest BCUT2D eigenvalue weighted by Gasteiger charge is -2.14. The van der Waals surface area contributed by atoms with Crippen molar-refractivity contribution in [2.24, 2.45) is 0 Å². The minimum atomic E-state index is -0.404. The zero-order chi connectivity index (χ0) is 25.9. The smallest absolute Gasteiger partial charge is 0.308 e. The lowest BCUT2D eigenvalue weighted by Crippen LogP contribution is -2.15. The second-order valence-corrected chi connectivity index (χ2v) is 8.70. The molecule has 194 valence electrons. The summed E-state index contributed by atoms with van der Waals surface area (Å²) in [7, 11) is 0. The molecule has 1 rings (SSSR count). The molecule has 0 heterocycles. The topological polar surface area (TPSA) is 78.9 Å². The maximum Gasteiger partial charge on any atom is 0.308 e. The second-order valence-electron chi connectivity index (χ2n) is 8.70. The van der Waals surface area contributed by atoms with Gasteiger partial charge in [0.25, 0.3) is 0 Å². The Morgan fingerprint density at radius 2 is 1.34 bits per heavy atom. The number of benzene rings is 1. The normalized spacial score (nSPS) is 12.1. The molecule has 0 aliphatic carbocycles. The van der Waals surface area contributed by atoms with Gasteiger partial charge in [-0.2, -0.15) is 0 Å². The van der Waals surface area contributed by atoms with Crippen LogP contribution in [0.2, 0.25) is 0 Å². The predicted octanol–water partition coefficient (Wildman–Crippen LogP) is 7.04. The molecule has 0 N–H and O–H groups in total. The van der Waals surface area contributed by atoms with E-state index in [1.54, 1.807) is 6.07 Å². The van der Waals surface area contributed by atoms with Gasteiger partial charge in [0.15, 0.2) is 0 Å². The van der Waals surface area contributed by atoms with E-state index in [0.29, 0.717) is 11.5 Å². The number of ether oxygens (including phenoxy) is 3. The minimum Gasteiger partial charge on any atom is -0.462 e. The Labute approximate surface area is 210 Å². The van der Waals surface area contributed by atoms with Crippen LogP contribution >= 0.6 is 0 Å². The van der Waals surface area contributed by atoms with Crippen LogP contribution in [0, 0.1) is 0 Å². The van der Waals surface area contributed by atoms with Crippen molar-refractivity contribution in [1.29, 1.82) is 0 Å².